The van der Waals surface area contributed by atoms with Gasteiger partial charge in [0.05, 0.1) is 11.3 Å². The van der Waals surface area contributed by atoms with Crippen molar-refractivity contribution < 1.29 is 22.7 Å². The van der Waals surface area contributed by atoms with Crippen LogP contribution < -0.4 is 9.47 Å². The molecular weight excluding hydrogens is 342 g/mol. The van der Waals surface area contributed by atoms with E-state index in [1.807, 2.05) is 13.0 Å². The van der Waals surface area contributed by atoms with E-state index in [2.05, 4.69) is 0 Å². The van der Waals surface area contributed by atoms with Gasteiger partial charge in [-0.25, -0.2) is 12.7 Å². The van der Waals surface area contributed by atoms with Crippen molar-refractivity contribution in [2.45, 2.75) is 24.7 Å². The molecule has 1 amide bonds. The molecule has 0 radical (unpaired) electrons. The average molecular weight is 359 g/mol. The van der Waals surface area contributed by atoms with Gasteiger partial charge in [-0.2, -0.15) is 0 Å². The number of carbonyl (C=O) groups excluding carboxylic acids is 1. The maximum atomic E-state index is 12.9. The number of fused-ring (bicyclic) bond motifs is 2. The van der Waals surface area contributed by atoms with Crippen molar-refractivity contribution in [3.8, 4) is 11.5 Å². The molecule has 0 atom stereocenters. The van der Waals surface area contributed by atoms with E-state index in [0.29, 0.717) is 17.9 Å². The second kappa shape index (κ2) is 5.77. The Labute approximate surface area is 146 Å². The Kier molecular flexibility index (Phi) is 3.68. The standard InChI is InChI=1S/C18H17NO5S/c1-12-2-4-15(5-3-12)25(21,22)19-7-6-13-8-16-17(24-11-23-16)9-14(13)10-18(19)20/h2-5,8-9H,6-7,10-11H2,1H3. The lowest BCUT2D eigenvalue weighted by Gasteiger charge is -2.20. The summed E-state index contributed by atoms with van der Waals surface area (Å²) in [6.07, 6.45) is 0.472. The van der Waals surface area contributed by atoms with Gasteiger partial charge < -0.3 is 9.47 Å². The fourth-order valence-electron chi connectivity index (χ4n) is 3.11. The van der Waals surface area contributed by atoms with Crippen LogP contribution in [-0.4, -0.2) is 32.0 Å². The summed E-state index contributed by atoms with van der Waals surface area (Å²) < 4.78 is 37.4. The van der Waals surface area contributed by atoms with E-state index in [4.69, 9.17) is 9.47 Å². The molecule has 2 aromatic rings. The van der Waals surface area contributed by atoms with Crippen LogP contribution in [0.3, 0.4) is 0 Å². The topological polar surface area (TPSA) is 72.9 Å². The number of sulfonamides is 1. The number of aryl methyl sites for hydroxylation is 1. The van der Waals surface area contributed by atoms with Gasteiger partial charge >= 0.3 is 0 Å². The van der Waals surface area contributed by atoms with E-state index in [0.717, 1.165) is 21.0 Å². The van der Waals surface area contributed by atoms with Gasteiger partial charge in [0.1, 0.15) is 0 Å². The number of hydrogen-bond donors (Lipinski definition) is 0. The fraction of sp³-hybridized carbons (Fsp3) is 0.278. The summed E-state index contributed by atoms with van der Waals surface area (Å²) in [5, 5.41) is 0. The number of ether oxygens (including phenoxy) is 2. The van der Waals surface area contributed by atoms with Crippen molar-refractivity contribution in [1.29, 1.82) is 0 Å². The van der Waals surface area contributed by atoms with Crippen molar-refractivity contribution in [2.24, 2.45) is 0 Å². The first kappa shape index (κ1) is 16.0. The fourth-order valence-corrected chi connectivity index (χ4v) is 4.51. The van der Waals surface area contributed by atoms with E-state index < -0.39 is 15.9 Å². The van der Waals surface area contributed by atoms with Crippen molar-refractivity contribution in [2.75, 3.05) is 13.3 Å². The quantitative estimate of drug-likeness (QED) is 0.820. The second-order valence-corrected chi connectivity index (χ2v) is 8.05. The van der Waals surface area contributed by atoms with Crippen molar-refractivity contribution in [1.82, 2.24) is 4.31 Å². The maximum Gasteiger partial charge on any atom is 0.266 e. The number of carbonyl (C=O) groups is 1. The zero-order valence-electron chi connectivity index (χ0n) is 13.7. The third kappa shape index (κ3) is 2.74. The largest absolute Gasteiger partial charge is 0.454 e. The summed E-state index contributed by atoms with van der Waals surface area (Å²) in [5.41, 5.74) is 2.66. The predicted molar refractivity (Wildman–Crippen MR) is 90.1 cm³/mol. The molecule has 130 valence electrons. The summed E-state index contributed by atoms with van der Waals surface area (Å²) in [6, 6.07) is 10.1. The molecule has 0 unspecified atom stereocenters. The minimum atomic E-state index is -3.86. The molecule has 0 aromatic heterocycles. The molecular formula is C18H17NO5S. The monoisotopic (exact) mass is 359 g/mol. The summed E-state index contributed by atoms with van der Waals surface area (Å²) in [6.45, 7) is 2.16. The molecule has 2 aliphatic rings. The summed E-state index contributed by atoms with van der Waals surface area (Å²) >= 11 is 0. The van der Waals surface area contributed by atoms with Gasteiger partial charge in [-0.1, -0.05) is 17.7 Å². The number of nitrogens with zero attached hydrogens (tertiary/aromatic N) is 1. The Balaban J connectivity index is 1.67. The summed E-state index contributed by atoms with van der Waals surface area (Å²) in [4.78, 5) is 12.8. The van der Waals surface area contributed by atoms with Gasteiger partial charge in [0.2, 0.25) is 12.7 Å². The maximum absolute atomic E-state index is 12.9. The summed E-state index contributed by atoms with van der Waals surface area (Å²) in [7, 11) is -3.86. The SMILES string of the molecule is Cc1ccc(S(=O)(=O)N2CCc3cc4c(cc3CC2=O)OCO4)cc1. The van der Waals surface area contributed by atoms with Crippen LogP contribution >= 0.6 is 0 Å². The average Bonchev–Trinajstić information content (AvgIpc) is 2.95. The first-order valence-electron chi connectivity index (χ1n) is 7.99. The molecule has 0 fully saturated rings. The van der Waals surface area contributed by atoms with Crippen LogP contribution in [0, 0.1) is 6.92 Å². The molecule has 0 saturated carbocycles. The Hall–Kier alpha value is -2.54. The van der Waals surface area contributed by atoms with E-state index in [1.165, 1.54) is 12.1 Å². The molecule has 0 aliphatic carbocycles. The van der Waals surface area contributed by atoms with Crippen LogP contribution in [0.4, 0.5) is 0 Å². The van der Waals surface area contributed by atoms with E-state index in [-0.39, 0.29) is 24.7 Å². The van der Waals surface area contributed by atoms with Crippen LogP contribution in [0.15, 0.2) is 41.3 Å². The minimum absolute atomic E-state index is 0.0249. The van der Waals surface area contributed by atoms with E-state index in [9.17, 15) is 13.2 Å². The molecule has 4 rings (SSSR count). The smallest absolute Gasteiger partial charge is 0.266 e. The molecule has 0 saturated heterocycles. The normalized spacial score (nSPS) is 16.5. The first-order chi connectivity index (χ1) is 11.9. The van der Waals surface area contributed by atoms with Crippen LogP contribution in [-0.2, 0) is 27.7 Å². The first-order valence-corrected chi connectivity index (χ1v) is 9.43. The Morgan fingerprint density at radius 2 is 1.64 bits per heavy atom. The van der Waals surface area contributed by atoms with Gasteiger partial charge in [0, 0.05) is 6.54 Å². The molecule has 25 heavy (non-hydrogen) atoms. The molecule has 2 heterocycles. The lowest BCUT2D eigenvalue weighted by Crippen LogP contribution is -2.37. The third-order valence-corrected chi connectivity index (χ3v) is 6.34. The van der Waals surface area contributed by atoms with Gasteiger partial charge in [0.25, 0.3) is 10.0 Å². The molecule has 0 N–H and O–H groups in total. The molecule has 7 heteroatoms. The lowest BCUT2D eigenvalue weighted by molar-refractivity contribution is -0.125. The number of benzene rings is 2. The van der Waals surface area contributed by atoms with Crippen LogP contribution in [0.5, 0.6) is 11.5 Å². The van der Waals surface area contributed by atoms with Crippen molar-refractivity contribution >= 4 is 15.9 Å². The highest BCUT2D eigenvalue weighted by Crippen LogP contribution is 2.36. The summed E-state index contributed by atoms with van der Waals surface area (Å²) in [5.74, 6) is 0.806. The van der Waals surface area contributed by atoms with Crippen LogP contribution in [0.1, 0.15) is 16.7 Å². The Bertz CT molecular complexity index is 950. The van der Waals surface area contributed by atoms with Gasteiger partial charge in [-0.05, 0) is 48.7 Å². The van der Waals surface area contributed by atoms with E-state index in [1.54, 1.807) is 18.2 Å². The zero-order valence-corrected chi connectivity index (χ0v) is 14.5. The van der Waals surface area contributed by atoms with Gasteiger partial charge in [-0.15, -0.1) is 0 Å². The highest BCUT2D eigenvalue weighted by molar-refractivity contribution is 7.89. The molecule has 0 spiro atoms. The Morgan fingerprint density at radius 3 is 2.32 bits per heavy atom. The second-order valence-electron chi connectivity index (χ2n) is 6.18. The van der Waals surface area contributed by atoms with E-state index >= 15 is 0 Å². The van der Waals surface area contributed by atoms with Crippen LogP contribution in [0.25, 0.3) is 0 Å². The zero-order chi connectivity index (χ0) is 17.6. The molecule has 2 aromatic carbocycles. The predicted octanol–water partition coefficient (Wildman–Crippen LogP) is 2.04. The number of amides is 1. The molecule has 0 bridgehead atoms. The number of rotatable bonds is 2. The number of hydrogen-bond acceptors (Lipinski definition) is 5. The molecule has 6 nitrogen and oxygen atoms in total. The Morgan fingerprint density at radius 1 is 1.00 bits per heavy atom. The van der Waals surface area contributed by atoms with Crippen molar-refractivity contribution in [3.63, 3.8) is 0 Å². The highest BCUT2D eigenvalue weighted by Gasteiger charge is 2.32. The minimum Gasteiger partial charge on any atom is -0.454 e. The van der Waals surface area contributed by atoms with Crippen molar-refractivity contribution in [3.05, 3.63) is 53.1 Å². The van der Waals surface area contributed by atoms with Gasteiger partial charge in [-0.3, -0.25) is 4.79 Å². The highest BCUT2D eigenvalue weighted by atomic mass is 32.2. The molecule has 2 aliphatic heterocycles. The third-order valence-electron chi connectivity index (χ3n) is 4.51. The lowest BCUT2D eigenvalue weighted by atomic mass is 10.0. The van der Waals surface area contributed by atoms with Gasteiger partial charge in [0.15, 0.2) is 11.5 Å². The van der Waals surface area contributed by atoms with Crippen LogP contribution in [0.2, 0.25) is 0 Å².